The normalized spacial score (nSPS) is 20.2. The molecule has 1 amide bonds. The molecule has 2 heterocycles. The van der Waals surface area contributed by atoms with Crippen LogP contribution in [0.3, 0.4) is 0 Å². The van der Waals surface area contributed by atoms with Gasteiger partial charge in [0.2, 0.25) is 12.7 Å². The number of nitrogens with zero attached hydrogens (tertiary/aromatic N) is 3. The number of benzene rings is 2. The predicted octanol–water partition coefficient (Wildman–Crippen LogP) is 4.24. The third-order valence-electron chi connectivity index (χ3n) is 7.92. The number of ether oxygens (including phenoxy) is 3. The zero-order valence-corrected chi connectivity index (χ0v) is 24.2. The van der Waals surface area contributed by atoms with Gasteiger partial charge in [-0.3, -0.25) is 14.5 Å². The SMILES string of the molecule is CCCCN(CCCCN(C)C)C(=O)CN1C[C@H](c2ccc3c(c2)OCO3)[C@@H](C(=O)O)[C@@H]1c1ccc(OC)cc1. The van der Waals surface area contributed by atoms with Crippen molar-refractivity contribution in [2.45, 2.75) is 44.6 Å². The Morgan fingerprint density at radius 1 is 0.975 bits per heavy atom. The van der Waals surface area contributed by atoms with Crippen molar-refractivity contribution in [2.24, 2.45) is 5.92 Å². The van der Waals surface area contributed by atoms with Gasteiger partial charge >= 0.3 is 5.97 Å². The second kappa shape index (κ2) is 13.9. The molecule has 0 aromatic heterocycles. The summed E-state index contributed by atoms with van der Waals surface area (Å²) in [5.74, 6) is 0.0833. The fourth-order valence-corrected chi connectivity index (χ4v) is 5.79. The van der Waals surface area contributed by atoms with Gasteiger partial charge in [-0.1, -0.05) is 31.5 Å². The van der Waals surface area contributed by atoms with E-state index in [0.717, 1.165) is 43.4 Å². The van der Waals surface area contributed by atoms with Crippen molar-refractivity contribution in [1.82, 2.24) is 14.7 Å². The first-order valence-electron chi connectivity index (χ1n) is 14.2. The lowest BCUT2D eigenvalue weighted by Crippen LogP contribution is -2.42. The average Bonchev–Trinajstić information content (AvgIpc) is 3.57. The van der Waals surface area contributed by atoms with Gasteiger partial charge in [0.25, 0.3) is 0 Å². The fraction of sp³-hybridized carbons (Fsp3) is 0.548. The molecule has 4 rings (SSSR count). The molecule has 3 atom stereocenters. The maximum Gasteiger partial charge on any atom is 0.309 e. The van der Waals surface area contributed by atoms with E-state index in [1.807, 2.05) is 47.4 Å². The number of carbonyl (C=O) groups is 2. The Labute approximate surface area is 237 Å². The highest BCUT2D eigenvalue weighted by molar-refractivity contribution is 5.79. The molecule has 0 radical (unpaired) electrons. The van der Waals surface area contributed by atoms with Gasteiger partial charge in [0.05, 0.1) is 19.6 Å². The fourth-order valence-electron chi connectivity index (χ4n) is 5.79. The minimum Gasteiger partial charge on any atom is -0.497 e. The van der Waals surface area contributed by atoms with Crippen molar-refractivity contribution in [3.63, 3.8) is 0 Å². The van der Waals surface area contributed by atoms with Crippen LogP contribution < -0.4 is 14.2 Å². The van der Waals surface area contributed by atoms with Gasteiger partial charge in [0.15, 0.2) is 11.5 Å². The maximum absolute atomic E-state index is 13.8. The molecule has 0 spiro atoms. The minimum absolute atomic E-state index is 0.0484. The molecule has 2 aliphatic heterocycles. The summed E-state index contributed by atoms with van der Waals surface area (Å²) in [6, 6.07) is 12.7. The first kappa shape index (κ1) is 29.7. The van der Waals surface area contributed by atoms with Crippen molar-refractivity contribution in [3.8, 4) is 17.2 Å². The summed E-state index contributed by atoms with van der Waals surface area (Å²) in [5, 5.41) is 10.5. The van der Waals surface area contributed by atoms with Crippen molar-refractivity contribution >= 4 is 11.9 Å². The quantitative estimate of drug-likeness (QED) is 0.348. The van der Waals surface area contributed by atoms with Gasteiger partial charge in [-0.25, -0.2) is 0 Å². The Kier molecular flexibility index (Phi) is 10.3. The van der Waals surface area contributed by atoms with E-state index in [2.05, 4.69) is 30.8 Å². The number of fused-ring (bicyclic) bond motifs is 1. The van der Waals surface area contributed by atoms with Crippen LogP contribution >= 0.6 is 0 Å². The van der Waals surface area contributed by atoms with E-state index >= 15 is 0 Å². The molecule has 9 nitrogen and oxygen atoms in total. The summed E-state index contributed by atoms with van der Waals surface area (Å²) in [6.07, 6.45) is 3.91. The number of carboxylic acids is 1. The van der Waals surface area contributed by atoms with E-state index in [4.69, 9.17) is 14.2 Å². The average molecular weight is 554 g/mol. The van der Waals surface area contributed by atoms with E-state index in [1.165, 1.54) is 0 Å². The molecule has 9 heteroatoms. The Morgan fingerprint density at radius 3 is 2.33 bits per heavy atom. The summed E-state index contributed by atoms with van der Waals surface area (Å²) in [7, 11) is 5.72. The van der Waals surface area contributed by atoms with Crippen molar-refractivity contribution in [2.75, 3.05) is 60.7 Å². The van der Waals surface area contributed by atoms with Crippen LogP contribution in [0.2, 0.25) is 0 Å². The number of methoxy groups -OCH3 is 1. The highest BCUT2D eigenvalue weighted by Gasteiger charge is 2.48. The van der Waals surface area contributed by atoms with Crippen molar-refractivity contribution in [3.05, 3.63) is 53.6 Å². The van der Waals surface area contributed by atoms with Crippen LogP contribution in [0, 0.1) is 5.92 Å². The minimum atomic E-state index is -0.884. The molecule has 1 N–H and O–H groups in total. The zero-order chi connectivity index (χ0) is 28.6. The summed E-state index contributed by atoms with van der Waals surface area (Å²) in [4.78, 5) is 32.8. The van der Waals surface area contributed by atoms with E-state index in [1.54, 1.807) is 7.11 Å². The molecule has 0 unspecified atom stereocenters. The third-order valence-corrected chi connectivity index (χ3v) is 7.92. The number of likely N-dealkylation sites (tertiary alicyclic amines) is 1. The first-order valence-corrected chi connectivity index (χ1v) is 14.2. The standard InChI is InChI=1S/C31H43N3O6/c1-5-6-16-33(17-8-7-15-32(2)3)28(35)20-34-19-25(23-11-14-26-27(18-23)40-21-39-26)29(31(36)37)30(34)22-9-12-24(38-4)13-10-22/h9-14,18,25,29-30H,5-8,15-17,19-21H2,1-4H3,(H,36,37)/t25-,29-,30+/m1/s1. The highest BCUT2D eigenvalue weighted by Crippen LogP contribution is 2.47. The lowest BCUT2D eigenvalue weighted by molar-refractivity contribution is -0.144. The maximum atomic E-state index is 13.8. The topological polar surface area (TPSA) is 91.8 Å². The zero-order valence-electron chi connectivity index (χ0n) is 24.2. The molecule has 0 aliphatic carbocycles. The molecule has 2 aliphatic rings. The van der Waals surface area contributed by atoms with Crippen molar-refractivity contribution < 1.29 is 28.9 Å². The van der Waals surface area contributed by atoms with Crippen LogP contribution in [0.15, 0.2) is 42.5 Å². The molecule has 0 saturated carbocycles. The second-order valence-corrected chi connectivity index (χ2v) is 11.0. The molecule has 40 heavy (non-hydrogen) atoms. The summed E-state index contributed by atoms with van der Waals surface area (Å²) in [5.41, 5.74) is 1.73. The van der Waals surface area contributed by atoms with Crippen molar-refractivity contribution in [1.29, 1.82) is 0 Å². The van der Waals surface area contributed by atoms with Gasteiger partial charge in [0.1, 0.15) is 5.75 Å². The largest absolute Gasteiger partial charge is 0.497 e. The number of hydrogen-bond acceptors (Lipinski definition) is 7. The van der Waals surface area contributed by atoms with Crippen LogP contribution in [0.4, 0.5) is 0 Å². The van der Waals surface area contributed by atoms with E-state index < -0.39 is 17.9 Å². The number of rotatable bonds is 14. The monoisotopic (exact) mass is 553 g/mol. The summed E-state index contributed by atoms with van der Waals surface area (Å²) >= 11 is 0. The molecular weight excluding hydrogens is 510 g/mol. The van der Waals surface area contributed by atoms with Gasteiger partial charge in [-0.05, 0) is 75.3 Å². The van der Waals surface area contributed by atoms with Crippen LogP contribution in [-0.2, 0) is 9.59 Å². The molecule has 1 fully saturated rings. The van der Waals surface area contributed by atoms with Gasteiger partial charge < -0.3 is 29.1 Å². The molecule has 1 saturated heterocycles. The number of carbonyl (C=O) groups excluding carboxylic acids is 1. The number of amides is 1. The Balaban J connectivity index is 1.61. The number of carboxylic acid groups (broad SMARTS) is 1. The predicted molar refractivity (Wildman–Crippen MR) is 153 cm³/mol. The molecule has 218 valence electrons. The van der Waals surface area contributed by atoms with E-state index in [9.17, 15) is 14.7 Å². The van der Waals surface area contributed by atoms with Gasteiger partial charge in [-0.15, -0.1) is 0 Å². The first-order chi connectivity index (χ1) is 19.3. The van der Waals surface area contributed by atoms with E-state index in [0.29, 0.717) is 36.9 Å². The van der Waals surface area contributed by atoms with Gasteiger partial charge in [0, 0.05) is 31.6 Å². The molecule has 0 bridgehead atoms. The highest BCUT2D eigenvalue weighted by atomic mass is 16.7. The molecule has 2 aromatic rings. The van der Waals surface area contributed by atoms with E-state index in [-0.39, 0.29) is 25.2 Å². The number of aliphatic carboxylic acids is 1. The Bertz CT molecular complexity index is 1140. The summed E-state index contributed by atoms with van der Waals surface area (Å²) in [6.45, 7) is 5.30. The number of hydrogen-bond donors (Lipinski definition) is 1. The third kappa shape index (κ3) is 7.06. The lowest BCUT2D eigenvalue weighted by atomic mass is 9.82. The Morgan fingerprint density at radius 2 is 1.65 bits per heavy atom. The lowest BCUT2D eigenvalue weighted by Gasteiger charge is -2.30. The van der Waals surface area contributed by atoms with Crippen LogP contribution in [-0.4, -0.2) is 92.4 Å². The van der Waals surface area contributed by atoms with Gasteiger partial charge in [-0.2, -0.15) is 0 Å². The molecule has 2 aromatic carbocycles. The second-order valence-electron chi connectivity index (χ2n) is 11.0. The van der Waals surface area contributed by atoms with Crippen LogP contribution in [0.5, 0.6) is 17.2 Å². The van der Waals surface area contributed by atoms with Crippen LogP contribution in [0.25, 0.3) is 0 Å². The smallest absolute Gasteiger partial charge is 0.309 e. The number of unbranched alkanes of at least 4 members (excludes halogenated alkanes) is 2. The molecular formula is C31H43N3O6. The summed E-state index contributed by atoms with van der Waals surface area (Å²) < 4.78 is 16.4. The Hall–Kier alpha value is -3.30. The van der Waals surface area contributed by atoms with Crippen LogP contribution in [0.1, 0.15) is 55.7 Å².